The summed E-state index contributed by atoms with van der Waals surface area (Å²) in [5.41, 5.74) is -0.740. The molecule has 2 amide bonds. The van der Waals surface area contributed by atoms with Crippen molar-refractivity contribution in [3.8, 4) is 0 Å². The number of carbonyl (C=O) groups excluding carboxylic acids is 2. The van der Waals surface area contributed by atoms with E-state index in [9.17, 15) is 18.4 Å². The standard InChI is InChI=1S/C18H22F2N2O3/c1-25-10-9-21-7-2-5-18(17(21)24)6-8-22(12-18)16(23)14-4-3-13(19)11-15(14)20/h3-4,11H,2,5-10,12H2,1H3/t18-/m0/s1. The SMILES string of the molecule is COCCN1CCC[C@@]2(CCN(C(=O)c3ccc(F)cc3F)C2)C1=O. The monoisotopic (exact) mass is 352 g/mol. The molecule has 0 N–H and O–H groups in total. The van der Waals surface area contributed by atoms with Crippen molar-refractivity contribution in [2.45, 2.75) is 19.3 Å². The Morgan fingerprint density at radius 3 is 2.80 bits per heavy atom. The molecule has 25 heavy (non-hydrogen) atoms. The molecule has 0 unspecified atom stereocenters. The summed E-state index contributed by atoms with van der Waals surface area (Å²) < 4.78 is 32.0. The van der Waals surface area contributed by atoms with Crippen LogP contribution >= 0.6 is 0 Å². The fraction of sp³-hybridized carbons (Fsp3) is 0.556. The normalized spacial score (nSPS) is 23.6. The molecule has 0 radical (unpaired) electrons. The smallest absolute Gasteiger partial charge is 0.256 e. The van der Waals surface area contributed by atoms with Gasteiger partial charge < -0.3 is 14.5 Å². The number of hydrogen-bond acceptors (Lipinski definition) is 3. The summed E-state index contributed by atoms with van der Waals surface area (Å²) in [6.45, 7) is 2.40. The Labute approximate surface area is 145 Å². The van der Waals surface area contributed by atoms with Gasteiger partial charge in [0.1, 0.15) is 11.6 Å². The number of piperidine rings is 1. The fourth-order valence-electron chi connectivity index (χ4n) is 3.82. The van der Waals surface area contributed by atoms with E-state index in [0.717, 1.165) is 25.0 Å². The number of carbonyl (C=O) groups is 2. The number of benzene rings is 1. The van der Waals surface area contributed by atoms with Crippen molar-refractivity contribution in [1.82, 2.24) is 9.80 Å². The van der Waals surface area contributed by atoms with Crippen molar-refractivity contribution < 1.29 is 23.1 Å². The molecule has 0 aromatic heterocycles. The van der Waals surface area contributed by atoms with Crippen LogP contribution in [0, 0.1) is 17.0 Å². The molecule has 3 rings (SSSR count). The van der Waals surface area contributed by atoms with Crippen LogP contribution in [0.2, 0.25) is 0 Å². The minimum absolute atomic E-state index is 0.0469. The molecule has 2 aliphatic heterocycles. The third-order valence-corrected chi connectivity index (χ3v) is 5.19. The first-order valence-corrected chi connectivity index (χ1v) is 8.49. The summed E-state index contributed by atoms with van der Waals surface area (Å²) in [7, 11) is 1.59. The van der Waals surface area contributed by atoms with E-state index in [1.165, 1.54) is 4.90 Å². The predicted molar refractivity (Wildman–Crippen MR) is 87.0 cm³/mol. The van der Waals surface area contributed by atoms with Crippen LogP contribution < -0.4 is 0 Å². The fourth-order valence-corrected chi connectivity index (χ4v) is 3.82. The van der Waals surface area contributed by atoms with Gasteiger partial charge in [-0.2, -0.15) is 0 Å². The van der Waals surface area contributed by atoms with Gasteiger partial charge in [0.2, 0.25) is 5.91 Å². The van der Waals surface area contributed by atoms with Crippen molar-refractivity contribution in [3.63, 3.8) is 0 Å². The summed E-state index contributed by atoms with van der Waals surface area (Å²) in [5.74, 6) is -2.03. The van der Waals surface area contributed by atoms with E-state index in [4.69, 9.17) is 4.74 Å². The first kappa shape index (κ1) is 17.8. The zero-order valence-corrected chi connectivity index (χ0v) is 14.3. The molecule has 2 heterocycles. The van der Waals surface area contributed by atoms with Gasteiger partial charge in [-0.25, -0.2) is 8.78 Å². The van der Waals surface area contributed by atoms with Crippen molar-refractivity contribution in [2.24, 2.45) is 5.41 Å². The zero-order valence-electron chi connectivity index (χ0n) is 14.3. The molecule has 0 saturated carbocycles. The Morgan fingerprint density at radius 1 is 1.28 bits per heavy atom. The average molecular weight is 352 g/mol. The van der Waals surface area contributed by atoms with Crippen LogP contribution in [0.25, 0.3) is 0 Å². The highest BCUT2D eigenvalue weighted by Crippen LogP contribution is 2.40. The molecule has 1 aromatic carbocycles. The molecule has 2 saturated heterocycles. The maximum atomic E-state index is 13.9. The van der Waals surface area contributed by atoms with Gasteiger partial charge in [-0.3, -0.25) is 9.59 Å². The van der Waals surface area contributed by atoms with Crippen molar-refractivity contribution >= 4 is 11.8 Å². The Bertz CT molecular complexity index is 682. The molecule has 5 nitrogen and oxygen atoms in total. The van der Waals surface area contributed by atoms with Crippen molar-refractivity contribution in [1.29, 1.82) is 0 Å². The van der Waals surface area contributed by atoms with Crippen LogP contribution in [0.1, 0.15) is 29.6 Å². The quantitative estimate of drug-likeness (QED) is 0.834. The number of rotatable bonds is 4. The highest BCUT2D eigenvalue weighted by atomic mass is 19.1. The molecule has 136 valence electrons. The molecule has 0 bridgehead atoms. The lowest BCUT2D eigenvalue weighted by molar-refractivity contribution is -0.146. The molecular weight excluding hydrogens is 330 g/mol. The van der Waals surface area contributed by atoms with Gasteiger partial charge in [0.15, 0.2) is 0 Å². The third kappa shape index (κ3) is 3.38. The molecule has 7 heteroatoms. The van der Waals surface area contributed by atoms with Gasteiger partial charge in [-0.15, -0.1) is 0 Å². The van der Waals surface area contributed by atoms with Crippen LogP contribution in [-0.2, 0) is 9.53 Å². The van der Waals surface area contributed by atoms with Gasteiger partial charge in [0, 0.05) is 39.4 Å². The van der Waals surface area contributed by atoms with Crippen LogP contribution in [0.3, 0.4) is 0 Å². The van der Waals surface area contributed by atoms with E-state index in [2.05, 4.69) is 0 Å². The maximum Gasteiger partial charge on any atom is 0.256 e. The highest BCUT2D eigenvalue weighted by Gasteiger charge is 2.49. The Morgan fingerprint density at radius 2 is 2.08 bits per heavy atom. The van der Waals surface area contributed by atoms with Crippen molar-refractivity contribution in [3.05, 3.63) is 35.4 Å². The Kier molecular flexibility index (Phi) is 5.03. The topological polar surface area (TPSA) is 49.9 Å². The first-order chi connectivity index (χ1) is 12.0. The number of ether oxygens (including phenoxy) is 1. The number of amides is 2. The molecule has 2 aliphatic rings. The molecule has 1 spiro atoms. The van der Waals surface area contributed by atoms with E-state index in [0.29, 0.717) is 38.7 Å². The lowest BCUT2D eigenvalue weighted by Crippen LogP contribution is -2.51. The predicted octanol–water partition coefficient (Wildman–Crippen LogP) is 2.07. The van der Waals surface area contributed by atoms with Gasteiger partial charge in [0.05, 0.1) is 17.6 Å². The lowest BCUT2D eigenvalue weighted by Gasteiger charge is -2.39. The van der Waals surface area contributed by atoms with Gasteiger partial charge >= 0.3 is 0 Å². The van der Waals surface area contributed by atoms with Gasteiger partial charge in [0.25, 0.3) is 5.91 Å². The number of likely N-dealkylation sites (tertiary alicyclic amines) is 2. The number of methoxy groups -OCH3 is 1. The summed E-state index contributed by atoms with van der Waals surface area (Å²) in [4.78, 5) is 28.8. The van der Waals surface area contributed by atoms with Crippen molar-refractivity contribution in [2.75, 3.05) is 39.9 Å². The number of halogens is 2. The van der Waals surface area contributed by atoms with E-state index < -0.39 is 23.0 Å². The van der Waals surface area contributed by atoms with Gasteiger partial charge in [-0.1, -0.05) is 0 Å². The minimum atomic E-state index is -0.873. The molecule has 1 atom stereocenters. The molecule has 2 fully saturated rings. The zero-order chi connectivity index (χ0) is 18.0. The van der Waals surface area contributed by atoms with Gasteiger partial charge in [-0.05, 0) is 31.4 Å². The summed E-state index contributed by atoms with van der Waals surface area (Å²) >= 11 is 0. The van der Waals surface area contributed by atoms with Crippen LogP contribution in [-0.4, -0.2) is 61.5 Å². The average Bonchev–Trinajstić information content (AvgIpc) is 3.01. The lowest BCUT2D eigenvalue weighted by atomic mass is 9.78. The van der Waals surface area contributed by atoms with E-state index >= 15 is 0 Å². The Hall–Kier alpha value is -2.02. The summed E-state index contributed by atoms with van der Waals surface area (Å²) in [6, 6.07) is 2.93. The molecule has 0 aliphatic carbocycles. The summed E-state index contributed by atoms with van der Waals surface area (Å²) in [6.07, 6.45) is 2.18. The highest BCUT2D eigenvalue weighted by molar-refractivity contribution is 5.95. The second kappa shape index (κ2) is 7.07. The van der Waals surface area contributed by atoms with E-state index in [-0.39, 0.29) is 18.0 Å². The maximum absolute atomic E-state index is 13.9. The first-order valence-electron chi connectivity index (χ1n) is 8.49. The number of nitrogens with zero attached hydrogens (tertiary/aromatic N) is 2. The van der Waals surface area contributed by atoms with E-state index in [1.807, 2.05) is 0 Å². The Balaban J connectivity index is 1.73. The van der Waals surface area contributed by atoms with E-state index in [1.54, 1.807) is 12.0 Å². The van der Waals surface area contributed by atoms with Crippen LogP contribution in [0.5, 0.6) is 0 Å². The molecular formula is C18H22F2N2O3. The second-order valence-corrected chi connectivity index (χ2v) is 6.77. The van der Waals surface area contributed by atoms with Crippen LogP contribution in [0.4, 0.5) is 8.78 Å². The second-order valence-electron chi connectivity index (χ2n) is 6.77. The largest absolute Gasteiger partial charge is 0.383 e. The molecule has 1 aromatic rings. The van der Waals surface area contributed by atoms with Crippen LogP contribution in [0.15, 0.2) is 18.2 Å². The third-order valence-electron chi connectivity index (χ3n) is 5.19. The number of hydrogen-bond donors (Lipinski definition) is 0. The summed E-state index contributed by atoms with van der Waals surface area (Å²) in [5, 5.41) is 0. The minimum Gasteiger partial charge on any atom is -0.383 e.